The second-order valence-corrected chi connectivity index (χ2v) is 6.75. The molecule has 0 unspecified atom stereocenters. The maximum absolute atomic E-state index is 10.9. The summed E-state index contributed by atoms with van der Waals surface area (Å²) in [6.45, 7) is 6.66. The number of benzene rings is 2. The number of hydrogen-bond donors (Lipinski definition) is 0. The van der Waals surface area contributed by atoms with Gasteiger partial charge in [0.15, 0.2) is 0 Å². The first-order chi connectivity index (χ1) is 12.6. The molecule has 0 aliphatic carbocycles. The van der Waals surface area contributed by atoms with Gasteiger partial charge in [-0.05, 0) is 42.9 Å². The van der Waals surface area contributed by atoms with E-state index in [1.807, 2.05) is 23.4 Å². The lowest BCUT2D eigenvalue weighted by Gasteiger charge is -2.23. The SMILES string of the molecule is C/C(=C\N(CC=O)C(C)C)c1ccc(-c2cncc3ccccc23)cc1. The molecule has 1 aromatic heterocycles. The molecular formula is C23H24N2O. The van der Waals surface area contributed by atoms with Crippen LogP contribution >= 0.6 is 0 Å². The fraction of sp³-hybridized carbons (Fsp3) is 0.217. The maximum atomic E-state index is 10.9. The van der Waals surface area contributed by atoms with Crippen LogP contribution in [0, 0.1) is 0 Å². The van der Waals surface area contributed by atoms with Gasteiger partial charge < -0.3 is 9.69 Å². The third-order valence-electron chi connectivity index (χ3n) is 4.63. The van der Waals surface area contributed by atoms with E-state index in [4.69, 9.17) is 0 Å². The molecule has 0 N–H and O–H groups in total. The van der Waals surface area contributed by atoms with Crippen LogP contribution in [0.4, 0.5) is 0 Å². The first-order valence-electron chi connectivity index (χ1n) is 8.91. The molecule has 132 valence electrons. The van der Waals surface area contributed by atoms with E-state index in [9.17, 15) is 4.79 Å². The smallest absolute Gasteiger partial charge is 0.139 e. The summed E-state index contributed by atoms with van der Waals surface area (Å²) in [4.78, 5) is 17.3. The number of nitrogens with zero attached hydrogens (tertiary/aromatic N) is 2. The van der Waals surface area contributed by atoms with Crippen molar-refractivity contribution in [3.8, 4) is 11.1 Å². The van der Waals surface area contributed by atoms with E-state index in [2.05, 4.69) is 74.4 Å². The van der Waals surface area contributed by atoms with Crippen LogP contribution in [0.5, 0.6) is 0 Å². The Hall–Kier alpha value is -2.94. The monoisotopic (exact) mass is 344 g/mol. The molecule has 0 radical (unpaired) electrons. The van der Waals surface area contributed by atoms with Crippen molar-refractivity contribution in [3.05, 3.63) is 72.7 Å². The highest BCUT2D eigenvalue weighted by Crippen LogP contribution is 2.28. The van der Waals surface area contributed by atoms with Crippen molar-refractivity contribution in [2.75, 3.05) is 6.54 Å². The van der Waals surface area contributed by atoms with Crippen molar-refractivity contribution in [2.24, 2.45) is 0 Å². The Morgan fingerprint density at radius 3 is 2.50 bits per heavy atom. The minimum Gasteiger partial charge on any atom is -0.368 e. The van der Waals surface area contributed by atoms with Crippen LogP contribution in [0.2, 0.25) is 0 Å². The molecule has 0 spiro atoms. The number of allylic oxidation sites excluding steroid dienone is 1. The van der Waals surface area contributed by atoms with Crippen molar-refractivity contribution < 1.29 is 4.79 Å². The molecule has 3 heteroatoms. The molecule has 0 aliphatic heterocycles. The molecule has 0 aliphatic rings. The van der Waals surface area contributed by atoms with E-state index in [0.29, 0.717) is 6.54 Å². The normalized spacial score (nSPS) is 11.8. The van der Waals surface area contributed by atoms with Gasteiger partial charge in [0.2, 0.25) is 0 Å². The largest absolute Gasteiger partial charge is 0.368 e. The van der Waals surface area contributed by atoms with Crippen LogP contribution < -0.4 is 0 Å². The van der Waals surface area contributed by atoms with Crippen LogP contribution in [-0.2, 0) is 4.79 Å². The van der Waals surface area contributed by atoms with Crippen LogP contribution in [-0.4, -0.2) is 28.8 Å². The van der Waals surface area contributed by atoms with E-state index in [1.165, 1.54) is 5.39 Å². The number of aromatic nitrogens is 1. The summed E-state index contributed by atoms with van der Waals surface area (Å²) >= 11 is 0. The van der Waals surface area contributed by atoms with Crippen molar-refractivity contribution in [1.29, 1.82) is 0 Å². The molecule has 26 heavy (non-hydrogen) atoms. The molecule has 0 fully saturated rings. The lowest BCUT2D eigenvalue weighted by molar-refractivity contribution is -0.108. The van der Waals surface area contributed by atoms with Crippen LogP contribution in [0.3, 0.4) is 0 Å². The Balaban J connectivity index is 1.92. The second-order valence-electron chi connectivity index (χ2n) is 6.75. The Kier molecular flexibility index (Phi) is 5.47. The number of hydrogen-bond acceptors (Lipinski definition) is 3. The van der Waals surface area contributed by atoms with Gasteiger partial charge in [-0.3, -0.25) is 4.98 Å². The van der Waals surface area contributed by atoms with Crippen molar-refractivity contribution in [2.45, 2.75) is 26.8 Å². The van der Waals surface area contributed by atoms with E-state index in [1.54, 1.807) is 0 Å². The molecule has 2 aromatic carbocycles. The van der Waals surface area contributed by atoms with Gasteiger partial charge in [0.1, 0.15) is 6.29 Å². The van der Waals surface area contributed by atoms with E-state index in [0.717, 1.165) is 33.9 Å². The highest BCUT2D eigenvalue weighted by atomic mass is 16.1. The molecule has 0 saturated heterocycles. The molecule has 3 aromatic rings. The van der Waals surface area contributed by atoms with Gasteiger partial charge in [-0.25, -0.2) is 0 Å². The predicted octanol–water partition coefficient (Wildman–Crippen LogP) is 5.17. The summed E-state index contributed by atoms with van der Waals surface area (Å²) in [7, 11) is 0. The first-order valence-corrected chi connectivity index (χ1v) is 8.91. The zero-order chi connectivity index (χ0) is 18.5. The summed E-state index contributed by atoms with van der Waals surface area (Å²) in [5.74, 6) is 0. The summed E-state index contributed by atoms with van der Waals surface area (Å²) in [5.41, 5.74) is 4.59. The Bertz CT molecular complexity index is 921. The Morgan fingerprint density at radius 2 is 1.81 bits per heavy atom. The number of fused-ring (bicyclic) bond motifs is 1. The number of rotatable bonds is 6. The number of aldehydes is 1. The molecule has 0 amide bonds. The number of carbonyl (C=O) groups excluding carboxylic acids is 1. The van der Waals surface area contributed by atoms with Gasteiger partial charge in [0, 0.05) is 35.6 Å². The Labute approximate surface area is 155 Å². The van der Waals surface area contributed by atoms with Gasteiger partial charge in [-0.1, -0.05) is 48.5 Å². The van der Waals surface area contributed by atoms with Gasteiger partial charge in [0.25, 0.3) is 0 Å². The van der Waals surface area contributed by atoms with Crippen LogP contribution in [0.1, 0.15) is 26.3 Å². The highest BCUT2D eigenvalue weighted by Gasteiger charge is 2.07. The molecule has 1 heterocycles. The van der Waals surface area contributed by atoms with E-state index < -0.39 is 0 Å². The third-order valence-corrected chi connectivity index (χ3v) is 4.63. The molecule has 0 saturated carbocycles. The Morgan fingerprint density at radius 1 is 1.08 bits per heavy atom. The molecule has 3 rings (SSSR count). The van der Waals surface area contributed by atoms with E-state index in [-0.39, 0.29) is 6.04 Å². The molecule has 0 atom stereocenters. The van der Waals surface area contributed by atoms with Gasteiger partial charge in [0.05, 0.1) is 6.54 Å². The summed E-state index contributed by atoms with van der Waals surface area (Å²) in [6.07, 6.45) is 6.83. The standard InChI is InChI=1S/C23H24N2O/c1-17(2)25(12-13-26)16-18(3)19-8-10-20(11-9-19)23-15-24-14-21-6-4-5-7-22(21)23/h4-11,13-17H,12H2,1-3H3/b18-16+. The average molecular weight is 344 g/mol. The van der Waals surface area contributed by atoms with Crippen LogP contribution in [0.15, 0.2) is 67.1 Å². The predicted molar refractivity (Wildman–Crippen MR) is 109 cm³/mol. The first kappa shape index (κ1) is 17.9. The number of carbonyl (C=O) groups is 1. The fourth-order valence-corrected chi connectivity index (χ4v) is 3.08. The zero-order valence-electron chi connectivity index (χ0n) is 15.5. The van der Waals surface area contributed by atoms with E-state index >= 15 is 0 Å². The summed E-state index contributed by atoms with van der Waals surface area (Å²) in [6, 6.07) is 17.1. The van der Waals surface area contributed by atoms with Crippen molar-refractivity contribution >= 4 is 22.6 Å². The molecule has 0 bridgehead atoms. The highest BCUT2D eigenvalue weighted by molar-refractivity contribution is 5.95. The summed E-state index contributed by atoms with van der Waals surface area (Å²) < 4.78 is 0. The lowest BCUT2D eigenvalue weighted by Crippen LogP contribution is -2.27. The van der Waals surface area contributed by atoms with Gasteiger partial charge in [-0.2, -0.15) is 0 Å². The van der Waals surface area contributed by atoms with Crippen molar-refractivity contribution in [1.82, 2.24) is 9.88 Å². The summed E-state index contributed by atoms with van der Waals surface area (Å²) in [5, 5.41) is 2.35. The average Bonchev–Trinajstić information content (AvgIpc) is 2.67. The second kappa shape index (κ2) is 7.96. The minimum absolute atomic E-state index is 0.288. The third kappa shape index (κ3) is 3.83. The quantitative estimate of drug-likeness (QED) is 0.578. The van der Waals surface area contributed by atoms with Gasteiger partial charge >= 0.3 is 0 Å². The fourth-order valence-electron chi connectivity index (χ4n) is 3.08. The maximum Gasteiger partial charge on any atom is 0.139 e. The van der Waals surface area contributed by atoms with Crippen molar-refractivity contribution in [3.63, 3.8) is 0 Å². The van der Waals surface area contributed by atoms with Crippen LogP contribution in [0.25, 0.3) is 27.5 Å². The van der Waals surface area contributed by atoms with Gasteiger partial charge in [-0.15, -0.1) is 0 Å². The topological polar surface area (TPSA) is 33.2 Å². The lowest BCUT2D eigenvalue weighted by atomic mass is 9.98. The molecule has 3 nitrogen and oxygen atoms in total. The number of pyridine rings is 1. The molecular weight excluding hydrogens is 320 g/mol. The minimum atomic E-state index is 0.288. The zero-order valence-corrected chi connectivity index (χ0v) is 15.5.